The van der Waals surface area contributed by atoms with E-state index in [1.807, 2.05) is 0 Å². The SMILES string of the molecule is Oc1[nH]c(O)c2cc(N=Nc3ccc4c(c3)OCO4)ccc12. The van der Waals surface area contributed by atoms with Crippen LogP contribution in [0.15, 0.2) is 46.6 Å². The summed E-state index contributed by atoms with van der Waals surface area (Å²) < 4.78 is 10.5. The largest absolute Gasteiger partial charge is 0.494 e. The standard InChI is InChI=1S/C15H11N3O4/c19-14-10-3-1-8(5-11(10)15(20)16-14)17-18-9-2-4-12-13(6-9)22-7-21-12/h1-6,16,19-20H,7H2. The van der Waals surface area contributed by atoms with E-state index >= 15 is 0 Å². The molecule has 2 heterocycles. The van der Waals surface area contributed by atoms with E-state index in [-0.39, 0.29) is 18.6 Å². The predicted octanol–water partition coefficient (Wildman–Crippen LogP) is 3.72. The highest BCUT2D eigenvalue weighted by molar-refractivity contribution is 5.94. The van der Waals surface area contributed by atoms with Crippen molar-refractivity contribution in [2.75, 3.05) is 6.79 Å². The van der Waals surface area contributed by atoms with Gasteiger partial charge in [-0.1, -0.05) is 0 Å². The number of azo groups is 1. The molecule has 0 atom stereocenters. The van der Waals surface area contributed by atoms with Gasteiger partial charge >= 0.3 is 0 Å². The summed E-state index contributed by atoms with van der Waals surface area (Å²) >= 11 is 0. The Labute approximate surface area is 124 Å². The van der Waals surface area contributed by atoms with Gasteiger partial charge in [0, 0.05) is 16.8 Å². The molecule has 0 bridgehead atoms. The van der Waals surface area contributed by atoms with E-state index in [0.717, 1.165) is 0 Å². The van der Waals surface area contributed by atoms with E-state index in [1.54, 1.807) is 36.4 Å². The van der Waals surface area contributed by atoms with Crippen LogP contribution in [0, 0.1) is 0 Å². The molecule has 0 saturated heterocycles. The summed E-state index contributed by atoms with van der Waals surface area (Å²) in [6.45, 7) is 0.211. The lowest BCUT2D eigenvalue weighted by molar-refractivity contribution is 0.174. The van der Waals surface area contributed by atoms with Gasteiger partial charge in [-0.05, 0) is 30.3 Å². The third-order valence-electron chi connectivity index (χ3n) is 3.39. The van der Waals surface area contributed by atoms with E-state index in [1.165, 1.54) is 0 Å². The lowest BCUT2D eigenvalue weighted by Crippen LogP contribution is -1.92. The quantitative estimate of drug-likeness (QED) is 0.627. The van der Waals surface area contributed by atoms with Gasteiger partial charge < -0.3 is 19.7 Å². The van der Waals surface area contributed by atoms with Gasteiger partial charge in [-0.3, -0.25) is 4.98 Å². The van der Waals surface area contributed by atoms with Crippen LogP contribution in [0.1, 0.15) is 0 Å². The fraction of sp³-hybridized carbons (Fsp3) is 0.0667. The van der Waals surface area contributed by atoms with E-state index in [4.69, 9.17) is 9.47 Å². The molecule has 1 aromatic heterocycles. The van der Waals surface area contributed by atoms with Crippen molar-refractivity contribution in [1.82, 2.24) is 4.98 Å². The molecule has 3 N–H and O–H groups in total. The van der Waals surface area contributed by atoms with Crippen LogP contribution in [0.5, 0.6) is 23.3 Å². The average molecular weight is 297 g/mol. The van der Waals surface area contributed by atoms with Crippen LogP contribution in [-0.2, 0) is 0 Å². The first kappa shape index (κ1) is 12.5. The summed E-state index contributed by atoms with van der Waals surface area (Å²) in [5.74, 6) is 1.15. The Morgan fingerprint density at radius 2 is 1.50 bits per heavy atom. The summed E-state index contributed by atoms with van der Waals surface area (Å²) in [6.07, 6.45) is 0. The zero-order valence-electron chi connectivity index (χ0n) is 11.3. The molecule has 0 unspecified atom stereocenters. The molecular formula is C15H11N3O4. The molecule has 0 spiro atoms. The topological polar surface area (TPSA) is 99.4 Å². The van der Waals surface area contributed by atoms with Crippen molar-refractivity contribution < 1.29 is 19.7 Å². The number of fused-ring (bicyclic) bond motifs is 2. The number of nitrogens with one attached hydrogen (secondary N) is 1. The van der Waals surface area contributed by atoms with Crippen LogP contribution >= 0.6 is 0 Å². The summed E-state index contributed by atoms with van der Waals surface area (Å²) in [5.41, 5.74) is 1.19. The predicted molar refractivity (Wildman–Crippen MR) is 78.4 cm³/mol. The highest BCUT2D eigenvalue weighted by Gasteiger charge is 2.13. The number of benzene rings is 2. The van der Waals surface area contributed by atoms with Gasteiger partial charge in [-0.15, -0.1) is 0 Å². The fourth-order valence-corrected chi connectivity index (χ4v) is 2.31. The Balaban J connectivity index is 1.66. The van der Waals surface area contributed by atoms with Gasteiger partial charge in [0.25, 0.3) is 0 Å². The van der Waals surface area contributed by atoms with E-state index < -0.39 is 0 Å². The monoisotopic (exact) mass is 297 g/mol. The summed E-state index contributed by atoms with van der Waals surface area (Å²) in [5, 5.41) is 28.5. The molecular weight excluding hydrogens is 286 g/mol. The highest BCUT2D eigenvalue weighted by atomic mass is 16.7. The number of H-pyrrole nitrogens is 1. The molecule has 0 radical (unpaired) electrons. The number of ether oxygens (including phenoxy) is 2. The lowest BCUT2D eigenvalue weighted by atomic mass is 10.2. The Bertz CT molecular complexity index is 901. The molecule has 7 heteroatoms. The van der Waals surface area contributed by atoms with Crippen LogP contribution < -0.4 is 9.47 Å². The molecule has 1 aliphatic heterocycles. The number of nitrogens with zero attached hydrogens (tertiary/aromatic N) is 2. The van der Waals surface area contributed by atoms with Crippen molar-refractivity contribution in [2.45, 2.75) is 0 Å². The van der Waals surface area contributed by atoms with Crippen molar-refractivity contribution in [3.05, 3.63) is 36.4 Å². The minimum Gasteiger partial charge on any atom is -0.494 e. The van der Waals surface area contributed by atoms with Crippen LogP contribution in [0.25, 0.3) is 10.8 Å². The maximum Gasteiger partial charge on any atom is 0.231 e. The van der Waals surface area contributed by atoms with Crippen LogP contribution in [0.3, 0.4) is 0 Å². The van der Waals surface area contributed by atoms with Crippen molar-refractivity contribution >= 4 is 22.1 Å². The first-order valence-electron chi connectivity index (χ1n) is 6.56. The maximum atomic E-state index is 9.69. The first-order valence-corrected chi connectivity index (χ1v) is 6.56. The second-order valence-corrected chi connectivity index (χ2v) is 4.79. The van der Waals surface area contributed by atoms with Crippen molar-refractivity contribution in [3.63, 3.8) is 0 Å². The number of rotatable bonds is 2. The molecule has 1 aliphatic rings. The fourth-order valence-electron chi connectivity index (χ4n) is 2.31. The van der Waals surface area contributed by atoms with E-state index in [2.05, 4.69) is 15.2 Å². The van der Waals surface area contributed by atoms with Crippen LogP contribution in [0.2, 0.25) is 0 Å². The molecule has 4 rings (SSSR count). The second-order valence-electron chi connectivity index (χ2n) is 4.79. The second kappa shape index (κ2) is 4.66. The normalized spacial score (nSPS) is 13.3. The summed E-state index contributed by atoms with van der Waals surface area (Å²) in [6, 6.07) is 10.3. The third kappa shape index (κ3) is 1.99. The molecule has 2 aromatic carbocycles. The minimum atomic E-state index is -0.104. The minimum absolute atomic E-state index is 0.0771. The molecule has 0 fully saturated rings. The third-order valence-corrected chi connectivity index (χ3v) is 3.39. The number of aromatic nitrogens is 1. The van der Waals surface area contributed by atoms with Crippen LogP contribution in [-0.4, -0.2) is 22.0 Å². The summed E-state index contributed by atoms with van der Waals surface area (Å²) in [4.78, 5) is 2.45. The average Bonchev–Trinajstić information content (AvgIpc) is 3.10. The van der Waals surface area contributed by atoms with E-state index in [9.17, 15) is 10.2 Å². The van der Waals surface area contributed by atoms with Gasteiger partial charge in [0.1, 0.15) is 0 Å². The molecule has 0 amide bonds. The Morgan fingerprint density at radius 1 is 0.818 bits per heavy atom. The zero-order chi connectivity index (χ0) is 15.1. The Kier molecular flexibility index (Phi) is 2.65. The summed E-state index contributed by atoms with van der Waals surface area (Å²) in [7, 11) is 0. The molecule has 110 valence electrons. The van der Waals surface area contributed by atoms with Crippen molar-refractivity contribution in [3.8, 4) is 23.3 Å². The first-order chi connectivity index (χ1) is 10.7. The van der Waals surface area contributed by atoms with Crippen molar-refractivity contribution in [2.24, 2.45) is 10.2 Å². The van der Waals surface area contributed by atoms with Crippen molar-refractivity contribution in [1.29, 1.82) is 0 Å². The smallest absolute Gasteiger partial charge is 0.231 e. The van der Waals surface area contributed by atoms with Gasteiger partial charge in [-0.2, -0.15) is 10.2 Å². The number of aromatic amines is 1. The maximum absolute atomic E-state index is 9.69. The van der Waals surface area contributed by atoms with Gasteiger partial charge in [0.05, 0.1) is 11.4 Å². The Hall–Kier alpha value is -3.22. The number of hydrogen-bond acceptors (Lipinski definition) is 6. The van der Waals surface area contributed by atoms with Gasteiger partial charge in [-0.25, -0.2) is 0 Å². The number of aromatic hydroxyl groups is 2. The Morgan fingerprint density at radius 3 is 2.36 bits per heavy atom. The molecule has 0 saturated carbocycles. The molecule has 22 heavy (non-hydrogen) atoms. The number of hydrogen-bond donors (Lipinski definition) is 3. The van der Waals surface area contributed by atoms with E-state index in [0.29, 0.717) is 33.6 Å². The molecule has 7 nitrogen and oxygen atoms in total. The highest BCUT2D eigenvalue weighted by Crippen LogP contribution is 2.37. The van der Waals surface area contributed by atoms with Gasteiger partial charge in [0.15, 0.2) is 23.3 Å². The van der Waals surface area contributed by atoms with Gasteiger partial charge in [0.2, 0.25) is 6.79 Å². The molecule has 0 aliphatic carbocycles. The zero-order valence-corrected chi connectivity index (χ0v) is 11.3. The molecule has 3 aromatic rings. The van der Waals surface area contributed by atoms with Crippen LogP contribution in [0.4, 0.5) is 11.4 Å². The lowest BCUT2D eigenvalue weighted by Gasteiger charge is -1.97.